The number of carbonyl (C=O) groups excluding carboxylic acids is 1. The number of methoxy groups -OCH3 is 1. The van der Waals surface area contributed by atoms with Crippen molar-refractivity contribution in [2.75, 3.05) is 7.11 Å². The summed E-state index contributed by atoms with van der Waals surface area (Å²) in [5.74, 6) is -0.671. The van der Waals surface area contributed by atoms with Crippen LogP contribution in [0.5, 0.6) is 5.75 Å². The number of ether oxygens (including phenoxy) is 1. The summed E-state index contributed by atoms with van der Waals surface area (Å²) >= 11 is 0. The van der Waals surface area contributed by atoms with Crippen LogP contribution >= 0.6 is 0 Å². The summed E-state index contributed by atoms with van der Waals surface area (Å²) in [5.41, 5.74) is 1.66. The molecule has 0 saturated heterocycles. The molecule has 1 atom stereocenters. The smallest absolute Gasteiger partial charge is 0.326 e. The van der Waals surface area contributed by atoms with Crippen molar-refractivity contribution >= 4 is 22.6 Å². The molecule has 5 heteroatoms. The third-order valence-corrected chi connectivity index (χ3v) is 4.41. The number of hydrogen-bond donors (Lipinski definition) is 2. The zero-order chi connectivity index (χ0) is 19.2. The van der Waals surface area contributed by atoms with Gasteiger partial charge >= 0.3 is 5.97 Å². The van der Waals surface area contributed by atoms with Gasteiger partial charge in [0.05, 0.1) is 13.5 Å². The maximum atomic E-state index is 12.4. The fraction of sp³-hybridized carbons (Fsp3) is 0.182. The molecule has 138 valence electrons. The average molecular weight is 363 g/mol. The van der Waals surface area contributed by atoms with Crippen LogP contribution in [-0.2, 0) is 22.4 Å². The van der Waals surface area contributed by atoms with Gasteiger partial charge in [0.15, 0.2) is 0 Å². The molecule has 2 N–H and O–H groups in total. The maximum Gasteiger partial charge on any atom is 0.326 e. The van der Waals surface area contributed by atoms with Gasteiger partial charge in [-0.05, 0) is 34.0 Å². The zero-order valence-corrected chi connectivity index (χ0v) is 15.0. The number of rotatable bonds is 7. The Morgan fingerprint density at radius 3 is 2.30 bits per heavy atom. The van der Waals surface area contributed by atoms with Gasteiger partial charge in [0.25, 0.3) is 0 Å². The number of benzene rings is 3. The van der Waals surface area contributed by atoms with Gasteiger partial charge in [-0.3, -0.25) is 4.79 Å². The van der Waals surface area contributed by atoms with Crippen LogP contribution < -0.4 is 10.1 Å². The largest absolute Gasteiger partial charge is 0.497 e. The van der Waals surface area contributed by atoms with Gasteiger partial charge in [0.2, 0.25) is 5.91 Å². The summed E-state index contributed by atoms with van der Waals surface area (Å²) < 4.78 is 5.10. The van der Waals surface area contributed by atoms with Crippen molar-refractivity contribution in [3.05, 3.63) is 77.9 Å². The molecular formula is C22H21NO4. The van der Waals surface area contributed by atoms with E-state index in [0.29, 0.717) is 5.75 Å². The van der Waals surface area contributed by atoms with E-state index in [1.165, 1.54) is 0 Å². The molecule has 0 aliphatic carbocycles. The van der Waals surface area contributed by atoms with Gasteiger partial charge in [-0.25, -0.2) is 4.79 Å². The Morgan fingerprint density at radius 2 is 1.63 bits per heavy atom. The van der Waals surface area contributed by atoms with E-state index in [-0.39, 0.29) is 18.7 Å². The number of carboxylic acids is 1. The molecule has 27 heavy (non-hydrogen) atoms. The van der Waals surface area contributed by atoms with Crippen LogP contribution in [0.25, 0.3) is 10.8 Å². The molecule has 0 aliphatic rings. The van der Waals surface area contributed by atoms with Crippen molar-refractivity contribution in [3.63, 3.8) is 0 Å². The molecule has 0 saturated carbocycles. The number of amides is 1. The molecule has 0 fully saturated rings. The SMILES string of the molecule is COc1ccc(C[C@H](NC(=O)Cc2ccc3ccccc3c2)C(=O)O)cc1. The van der Waals surface area contributed by atoms with E-state index in [4.69, 9.17) is 4.74 Å². The molecule has 0 spiro atoms. The molecule has 0 unspecified atom stereocenters. The zero-order valence-electron chi connectivity index (χ0n) is 15.0. The van der Waals surface area contributed by atoms with Crippen LogP contribution in [0.4, 0.5) is 0 Å². The first-order valence-electron chi connectivity index (χ1n) is 8.68. The van der Waals surface area contributed by atoms with E-state index >= 15 is 0 Å². The van der Waals surface area contributed by atoms with E-state index in [0.717, 1.165) is 21.9 Å². The molecule has 3 aromatic carbocycles. The molecule has 3 aromatic rings. The number of carboxylic acid groups (broad SMARTS) is 1. The Morgan fingerprint density at radius 1 is 0.963 bits per heavy atom. The van der Waals surface area contributed by atoms with Gasteiger partial charge < -0.3 is 15.2 Å². The average Bonchev–Trinajstić information content (AvgIpc) is 2.68. The highest BCUT2D eigenvalue weighted by Gasteiger charge is 2.20. The standard InChI is InChI=1S/C22H21NO4/c1-27-19-10-7-15(8-11-19)13-20(22(25)26)23-21(24)14-16-6-9-17-4-2-3-5-18(17)12-16/h2-12,20H,13-14H2,1H3,(H,23,24)(H,25,26)/t20-/m0/s1. The Bertz CT molecular complexity index is 950. The van der Waals surface area contributed by atoms with Gasteiger partial charge in [-0.2, -0.15) is 0 Å². The highest BCUT2D eigenvalue weighted by atomic mass is 16.5. The normalized spacial score (nSPS) is 11.7. The number of aliphatic carboxylic acids is 1. The van der Waals surface area contributed by atoms with E-state index < -0.39 is 12.0 Å². The third kappa shape index (κ3) is 4.85. The lowest BCUT2D eigenvalue weighted by atomic mass is 10.0. The lowest BCUT2D eigenvalue weighted by molar-refractivity contribution is -0.141. The van der Waals surface area contributed by atoms with Gasteiger partial charge in [-0.1, -0.05) is 54.6 Å². The van der Waals surface area contributed by atoms with Crippen LogP contribution in [0, 0.1) is 0 Å². The second-order valence-electron chi connectivity index (χ2n) is 6.37. The summed E-state index contributed by atoms with van der Waals surface area (Å²) in [7, 11) is 1.57. The lowest BCUT2D eigenvalue weighted by Gasteiger charge is -2.15. The van der Waals surface area contributed by atoms with Crippen molar-refractivity contribution in [1.82, 2.24) is 5.32 Å². The van der Waals surface area contributed by atoms with Crippen LogP contribution in [0.1, 0.15) is 11.1 Å². The Labute approximate surface area is 157 Å². The first kappa shape index (κ1) is 18.5. The highest BCUT2D eigenvalue weighted by molar-refractivity contribution is 5.87. The molecule has 0 bridgehead atoms. The summed E-state index contributed by atoms with van der Waals surface area (Å²) in [4.78, 5) is 23.9. The van der Waals surface area contributed by atoms with E-state index in [1.807, 2.05) is 42.5 Å². The van der Waals surface area contributed by atoms with Gasteiger partial charge in [-0.15, -0.1) is 0 Å². The summed E-state index contributed by atoms with van der Waals surface area (Å²) in [5, 5.41) is 14.2. The summed E-state index contributed by atoms with van der Waals surface area (Å²) in [6.07, 6.45) is 0.347. The van der Waals surface area contributed by atoms with Crippen molar-refractivity contribution in [3.8, 4) is 5.75 Å². The minimum absolute atomic E-state index is 0.136. The van der Waals surface area contributed by atoms with Crippen LogP contribution in [0.15, 0.2) is 66.7 Å². The quantitative estimate of drug-likeness (QED) is 0.676. The summed E-state index contributed by atoms with van der Waals surface area (Å²) in [6, 6.07) is 19.9. The number of carbonyl (C=O) groups is 2. The topological polar surface area (TPSA) is 75.6 Å². The first-order chi connectivity index (χ1) is 13.0. The van der Waals surface area contributed by atoms with Crippen LogP contribution in [0.2, 0.25) is 0 Å². The molecule has 0 heterocycles. The van der Waals surface area contributed by atoms with Crippen molar-refractivity contribution in [2.24, 2.45) is 0 Å². The second kappa shape index (κ2) is 8.36. The molecule has 3 rings (SSSR count). The molecule has 5 nitrogen and oxygen atoms in total. The van der Waals surface area contributed by atoms with E-state index in [9.17, 15) is 14.7 Å². The number of hydrogen-bond acceptors (Lipinski definition) is 3. The van der Waals surface area contributed by atoms with Crippen molar-refractivity contribution < 1.29 is 19.4 Å². The lowest BCUT2D eigenvalue weighted by Crippen LogP contribution is -2.43. The molecule has 0 radical (unpaired) electrons. The molecule has 1 amide bonds. The second-order valence-corrected chi connectivity index (χ2v) is 6.37. The third-order valence-electron chi connectivity index (χ3n) is 4.41. The van der Waals surface area contributed by atoms with Crippen LogP contribution in [-0.4, -0.2) is 30.1 Å². The minimum atomic E-state index is -1.06. The number of nitrogens with one attached hydrogen (secondary N) is 1. The van der Waals surface area contributed by atoms with Crippen LogP contribution in [0.3, 0.4) is 0 Å². The van der Waals surface area contributed by atoms with Crippen molar-refractivity contribution in [2.45, 2.75) is 18.9 Å². The van der Waals surface area contributed by atoms with E-state index in [1.54, 1.807) is 31.4 Å². The predicted molar refractivity (Wildman–Crippen MR) is 104 cm³/mol. The van der Waals surface area contributed by atoms with Gasteiger partial charge in [0, 0.05) is 6.42 Å². The molecular weight excluding hydrogens is 342 g/mol. The monoisotopic (exact) mass is 363 g/mol. The van der Waals surface area contributed by atoms with Gasteiger partial charge in [0.1, 0.15) is 11.8 Å². The fourth-order valence-electron chi connectivity index (χ4n) is 2.98. The summed E-state index contributed by atoms with van der Waals surface area (Å²) in [6.45, 7) is 0. The Hall–Kier alpha value is -3.34. The van der Waals surface area contributed by atoms with E-state index in [2.05, 4.69) is 5.32 Å². The Kier molecular flexibility index (Phi) is 5.71. The fourth-order valence-corrected chi connectivity index (χ4v) is 2.98. The molecule has 0 aromatic heterocycles. The molecule has 0 aliphatic heterocycles. The Balaban J connectivity index is 1.65. The minimum Gasteiger partial charge on any atom is -0.497 e. The number of fused-ring (bicyclic) bond motifs is 1. The van der Waals surface area contributed by atoms with Crippen molar-refractivity contribution in [1.29, 1.82) is 0 Å². The first-order valence-corrected chi connectivity index (χ1v) is 8.68. The highest BCUT2D eigenvalue weighted by Crippen LogP contribution is 2.16. The maximum absolute atomic E-state index is 12.4. The predicted octanol–water partition coefficient (Wildman–Crippen LogP) is 3.20.